The summed E-state index contributed by atoms with van der Waals surface area (Å²) in [5, 5.41) is 0. The van der Waals surface area contributed by atoms with E-state index in [4.69, 9.17) is 0 Å². The van der Waals surface area contributed by atoms with Gasteiger partial charge in [-0.3, -0.25) is 0 Å². The molecule has 1 aromatic carbocycles. The monoisotopic (exact) mass is 244 g/mol. The summed E-state index contributed by atoms with van der Waals surface area (Å²) in [4.78, 5) is 27.7. The largest absolute Gasteiger partial charge is 0.240 e. The lowest BCUT2D eigenvalue weighted by molar-refractivity contribution is 0.564. The van der Waals surface area contributed by atoms with Gasteiger partial charge in [-0.25, -0.2) is 9.59 Å². The van der Waals surface area contributed by atoms with E-state index in [1.165, 1.54) is 25.0 Å². The fourth-order valence-electron chi connectivity index (χ4n) is 1.78. The summed E-state index contributed by atoms with van der Waals surface area (Å²) >= 11 is 0. The Kier molecular flexibility index (Phi) is 6.34. The molecule has 0 heterocycles. The van der Waals surface area contributed by atoms with Crippen LogP contribution in [0.5, 0.6) is 0 Å². The Labute approximate surface area is 106 Å². The van der Waals surface area contributed by atoms with Crippen LogP contribution in [0.25, 0.3) is 0 Å². The normalized spacial score (nSPS) is 9.39. The standard InChI is InChI=1S/C14H16N2O2/c1-2-3-4-5-6-12-7-8-13(15-10-17)9-14(12)16-11-18/h7-9H,2-6H2,1H3. The molecule has 4 heteroatoms. The number of nitrogens with zero attached hydrogens (tertiary/aromatic N) is 2. The van der Waals surface area contributed by atoms with Crippen LogP contribution in [0.15, 0.2) is 28.2 Å². The van der Waals surface area contributed by atoms with Gasteiger partial charge in [-0.2, -0.15) is 9.98 Å². The van der Waals surface area contributed by atoms with Gasteiger partial charge in [0.15, 0.2) is 0 Å². The van der Waals surface area contributed by atoms with Crippen molar-refractivity contribution in [2.24, 2.45) is 9.98 Å². The molecule has 0 N–H and O–H groups in total. The van der Waals surface area contributed by atoms with Crippen LogP contribution in [0.3, 0.4) is 0 Å². The molecule has 0 saturated heterocycles. The van der Waals surface area contributed by atoms with Crippen molar-refractivity contribution >= 4 is 23.5 Å². The highest BCUT2D eigenvalue weighted by atomic mass is 16.1. The first kappa shape index (κ1) is 14.0. The molecule has 0 spiro atoms. The maximum absolute atomic E-state index is 10.4. The summed E-state index contributed by atoms with van der Waals surface area (Å²) in [6.07, 6.45) is 8.48. The molecule has 0 bridgehead atoms. The number of benzene rings is 1. The lowest BCUT2D eigenvalue weighted by Crippen LogP contribution is -1.87. The summed E-state index contributed by atoms with van der Waals surface area (Å²) in [5.41, 5.74) is 1.98. The van der Waals surface area contributed by atoms with Crippen molar-refractivity contribution < 1.29 is 9.59 Å². The predicted octanol–water partition coefficient (Wildman–Crippen LogP) is 3.74. The topological polar surface area (TPSA) is 58.9 Å². The summed E-state index contributed by atoms with van der Waals surface area (Å²) in [6, 6.07) is 5.17. The zero-order valence-corrected chi connectivity index (χ0v) is 10.5. The number of aliphatic imine (C=N–C) groups is 2. The molecular weight excluding hydrogens is 228 g/mol. The van der Waals surface area contributed by atoms with Gasteiger partial charge in [-0.05, 0) is 30.5 Å². The third-order valence-electron chi connectivity index (χ3n) is 2.71. The van der Waals surface area contributed by atoms with Gasteiger partial charge in [-0.1, -0.05) is 32.3 Å². The molecule has 0 aliphatic carbocycles. The van der Waals surface area contributed by atoms with E-state index in [1.54, 1.807) is 12.1 Å². The summed E-state index contributed by atoms with van der Waals surface area (Å²) in [6.45, 7) is 2.16. The third kappa shape index (κ3) is 4.46. The SMILES string of the molecule is CCCCCCc1ccc(N=C=O)cc1N=C=O. The molecule has 0 aliphatic heterocycles. The van der Waals surface area contributed by atoms with E-state index < -0.39 is 0 Å². The lowest BCUT2D eigenvalue weighted by atomic mass is 10.0. The van der Waals surface area contributed by atoms with E-state index >= 15 is 0 Å². The van der Waals surface area contributed by atoms with E-state index in [2.05, 4.69) is 16.9 Å². The van der Waals surface area contributed by atoms with Crippen molar-refractivity contribution in [2.45, 2.75) is 39.0 Å². The zero-order valence-electron chi connectivity index (χ0n) is 10.5. The molecule has 94 valence electrons. The number of isocyanates is 2. The molecule has 0 amide bonds. The van der Waals surface area contributed by atoms with E-state index in [0.29, 0.717) is 11.4 Å². The van der Waals surface area contributed by atoms with Crippen molar-refractivity contribution in [1.82, 2.24) is 0 Å². The Morgan fingerprint density at radius 2 is 1.83 bits per heavy atom. The lowest BCUT2D eigenvalue weighted by Gasteiger charge is -2.05. The van der Waals surface area contributed by atoms with Crippen molar-refractivity contribution in [3.05, 3.63) is 23.8 Å². The molecule has 1 aromatic rings. The Hall–Kier alpha value is -2.02. The van der Waals surface area contributed by atoms with Gasteiger partial charge in [0.05, 0.1) is 11.4 Å². The van der Waals surface area contributed by atoms with Crippen LogP contribution in [-0.4, -0.2) is 12.2 Å². The van der Waals surface area contributed by atoms with Gasteiger partial charge >= 0.3 is 0 Å². The smallest absolute Gasteiger partial charge is 0.211 e. The molecule has 0 fully saturated rings. The molecule has 0 saturated carbocycles. The number of unbranched alkanes of at least 4 members (excludes halogenated alkanes) is 3. The van der Waals surface area contributed by atoms with Crippen LogP contribution in [0, 0.1) is 0 Å². The second-order valence-corrected chi connectivity index (χ2v) is 4.03. The maximum Gasteiger partial charge on any atom is 0.240 e. The Morgan fingerprint density at radius 3 is 2.50 bits per heavy atom. The fraction of sp³-hybridized carbons (Fsp3) is 0.429. The summed E-state index contributed by atoms with van der Waals surface area (Å²) < 4.78 is 0. The van der Waals surface area contributed by atoms with Crippen LogP contribution in [0.2, 0.25) is 0 Å². The molecular formula is C14H16N2O2. The van der Waals surface area contributed by atoms with Crippen LogP contribution in [0.4, 0.5) is 11.4 Å². The number of hydrogen-bond acceptors (Lipinski definition) is 4. The van der Waals surface area contributed by atoms with Gasteiger partial charge < -0.3 is 0 Å². The molecule has 0 aliphatic rings. The van der Waals surface area contributed by atoms with E-state index in [0.717, 1.165) is 24.8 Å². The summed E-state index contributed by atoms with van der Waals surface area (Å²) in [5.74, 6) is 0. The fourth-order valence-corrected chi connectivity index (χ4v) is 1.78. The minimum atomic E-state index is 0.455. The zero-order chi connectivity index (χ0) is 13.2. The van der Waals surface area contributed by atoms with E-state index in [-0.39, 0.29) is 0 Å². The van der Waals surface area contributed by atoms with Crippen molar-refractivity contribution in [3.63, 3.8) is 0 Å². The molecule has 0 atom stereocenters. The average molecular weight is 244 g/mol. The minimum absolute atomic E-state index is 0.455. The number of hydrogen-bond donors (Lipinski definition) is 0. The number of aryl methyl sites for hydroxylation is 1. The van der Waals surface area contributed by atoms with Crippen molar-refractivity contribution in [1.29, 1.82) is 0 Å². The highest BCUT2D eigenvalue weighted by molar-refractivity contribution is 5.62. The minimum Gasteiger partial charge on any atom is -0.211 e. The summed E-state index contributed by atoms with van der Waals surface area (Å²) in [7, 11) is 0. The van der Waals surface area contributed by atoms with E-state index in [9.17, 15) is 9.59 Å². The second-order valence-electron chi connectivity index (χ2n) is 4.03. The van der Waals surface area contributed by atoms with Crippen molar-refractivity contribution in [2.75, 3.05) is 0 Å². The Morgan fingerprint density at radius 1 is 1.06 bits per heavy atom. The third-order valence-corrected chi connectivity index (χ3v) is 2.71. The molecule has 0 unspecified atom stereocenters. The Bertz CT molecular complexity index is 485. The van der Waals surface area contributed by atoms with Gasteiger partial charge in [-0.15, -0.1) is 0 Å². The molecule has 1 rings (SSSR count). The highest BCUT2D eigenvalue weighted by Crippen LogP contribution is 2.26. The predicted molar refractivity (Wildman–Crippen MR) is 69.9 cm³/mol. The number of carbonyl (C=O) groups excluding carboxylic acids is 2. The number of rotatable bonds is 7. The Balaban J connectivity index is 2.82. The van der Waals surface area contributed by atoms with Gasteiger partial charge in [0.2, 0.25) is 12.2 Å². The van der Waals surface area contributed by atoms with Crippen LogP contribution in [-0.2, 0) is 16.0 Å². The van der Waals surface area contributed by atoms with Gasteiger partial charge in [0.1, 0.15) is 0 Å². The first-order valence-electron chi connectivity index (χ1n) is 6.10. The second kappa shape index (κ2) is 8.13. The van der Waals surface area contributed by atoms with Crippen LogP contribution >= 0.6 is 0 Å². The maximum atomic E-state index is 10.4. The van der Waals surface area contributed by atoms with E-state index in [1.807, 2.05) is 6.07 Å². The highest BCUT2D eigenvalue weighted by Gasteiger charge is 2.03. The van der Waals surface area contributed by atoms with Gasteiger partial charge in [0.25, 0.3) is 0 Å². The quantitative estimate of drug-likeness (QED) is 0.416. The molecule has 4 nitrogen and oxygen atoms in total. The van der Waals surface area contributed by atoms with Crippen LogP contribution in [0.1, 0.15) is 38.2 Å². The first-order valence-corrected chi connectivity index (χ1v) is 6.10. The molecule has 0 aromatic heterocycles. The first-order chi connectivity index (χ1) is 8.81. The molecule has 18 heavy (non-hydrogen) atoms. The average Bonchev–Trinajstić information content (AvgIpc) is 2.37. The van der Waals surface area contributed by atoms with Gasteiger partial charge in [0, 0.05) is 0 Å². The molecule has 0 radical (unpaired) electrons. The van der Waals surface area contributed by atoms with Crippen molar-refractivity contribution in [3.8, 4) is 0 Å². The van der Waals surface area contributed by atoms with Crippen LogP contribution < -0.4 is 0 Å².